The molecule has 0 saturated carbocycles. The maximum Gasteiger partial charge on any atom is 0.416 e. The zero-order valence-electron chi connectivity index (χ0n) is 14.5. The van der Waals surface area contributed by atoms with Crippen molar-refractivity contribution in [2.24, 2.45) is 13.0 Å². The minimum Gasteiger partial charge on any atom is -0.349 e. The van der Waals surface area contributed by atoms with Gasteiger partial charge in [-0.2, -0.15) is 18.3 Å². The van der Waals surface area contributed by atoms with E-state index in [4.69, 9.17) is 0 Å². The first-order valence-electron chi connectivity index (χ1n) is 8.42. The van der Waals surface area contributed by atoms with Crippen molar-refractivity contribution < 1.29 is 18.0 Å². The van der Waals surface area contributed by atoms with Crippen LogP contribution in [0.3, 0.4) is 0 Å². The standard InChI is InChI=1S/C18H21F3N4O/c1-11(12-3-5-14(6-4-12)18(19,20)21)24-17(26)16-9-22-8-15(16)13-7-23-25(2)10-13/h3-7,10-11,15-16,22H,8-9H2,1-2H3,(H,24,26)/t11?,15-,16+/m1/s1. The second-order valence-corrected chi connectivity index (χ2v) is 6.67. The van der Waals surface area contributed by atoms with Crippen molar-refractivity contribution in [3.05, 3.63) is 53.3 Å². The molecule has 3 rings (SSSR count). The molecular formula is C18H21F3N4O. The summed E-state index contributed by atoms with van der Waals surface area (Å²) in [6, 6.07) is 4.50. The van der Waals surface area contributed by atoms with Crippen molar-refractivity contribution >= 4 is 5.91 Å². The smallest absolute Gasteiger partial charge is 0.349 e. The zero-order chi connectivity index (χ0) is 18.9. The highest BCUT2D eigenvalue weighted by Gasteiger charge is 2.35. The molecule has 26 heavy (non-hydrogen) atoms. The van der Waals surface area contributed by atoms with Crippen LogP contribution >= 0.6 is 0 Å². The molecule has 8 heteroatoms. The van der Waals surface area contributed by atoms with Gasteiger partial charge in [-0.25, -0.2) is 0 Å². The van der Waals surface area contributed by atoms with Gasteiger partial charge in [0.1, 0.15) is 0 Å². The number of aromatic nitrogens is 2. The van der Waals surface area contributed by atoms with Crippen molar-refractivity contribution in [1.29, 1.82) is 0 Å². The van der Waals surface area contributed by atoms with Gasteiger partial charge in [-0.15, -0.1) is 0 Å². The fourth-order valence-corrected chi connectivity index (χ4v) is 3.30. The number of carbonyl (C=O) groups excluding carboxylic acids is 1. The van der Waals surface area contributed by atoms with E-state index < -0.39 is 11.7 Å². The highest BCUT2D eigenvalue weighted by Crippen LogP contribution is 2.31. The molecule has 2 aromatic rings. The molecule has 0 aliphatic carbocycles. The van der Waals surface area contributed by atoms with Crippen LogP contribution in [0, 0.1) is 5.92 Å². The molecular weight excluding hydrogens is 345 g/mol. The van der Waals surface area contributed by atoms with Gasteiger partial charge in [-0.3, -0.25) is 9.48 Å². The number of carbonyl (C=O) groups is 1. The molecule has 1 amide bonds. The summed E-state index contributed by atoms with van der Waals surface area (Å²) in [4.78, 5) is 12.7. The molecule has 3 atom stereocenters. The van der Waals surface area contributed by atoms with E-state index in [9.17, 15) is 18.0 Å². The van der Waals surface area contributed by atoms with Crippen LogP contribution in [0.15, 0.2) is 36.7 Å². The largest absolute Gasteiger partial charge is 0.416 e. The third-order valence-electron chi connectivity index (χ3n) is 4.80. The number of hydrogen-bond donors (Lipinski definition) is 2. The van der Waals surface area contributed by atoms with Gasteiger partial charge in [0.2, 0.25) is 5.91 Å². The first-order chi connectivity index (χ1) is 12.3. The molecule has 1 aliphatic heterocycles. The summed E-state index contributed by atoms with van der Waals surface area (Å²) in [5.74, 6) is -0.323. The molecule has 1 saturated heterocycles. The molecule has 1 unspecified atom stereocenters. The van der Waals surface area contributed by atoms with Crippen molar-refractivity contribution in [3.8, 4) is 0 Å². The van der Waals surface area contributed by atoms with Crippen molar-refractivity contribution in [1.82, 2.24) is 20.4 Å². The van der Waals surface area contributed by atoms with E-state index in [1.165, 1.54) is 12.1 Å². The Hall–Kier alpha value is -2.35. The summed E-state index contributed by atoms with van der Waals surface area (Å²) in [5.41, 5.74) is 0.937. The number of halogens is 3. The lowest BCUT2D eigenvalue weighted by Crippen LogP contribution is -2.36. The average Bonchev–Trinajstić information content (AvgIpc) is 3.22. The fourth-order valence-electron chi connectivity index (χ4n) is 3.30. The Morgan fingerprint density at radius 3 is 2.58 bits per heavy atom. The quantitative estimate of drug-likeness (QED) is 0.875. The van der Waals surface area contributed by atoms with Crippen LogP contribution in [0.25, 0.3) is 0 Å². The van der Waals surface area contributed by atoms with Crippen molar-refractivity contribution in [2.45, 2.75) is 25.1 Å². The molecule has 2 heterocycles. The summed E-state index contributed by atoms with van der Waals surface area (Å²) in [6.07, 6.45) is -0.702. The summed E-state index contributed by atoms with van der Waals surface area (Å²) >= 11 is 0. The first kappa shape index (κ1) is 18.4. The molecule has 1 aliphatic rings. The summed E-state index contributed by atoms with van der Waals surface area (Å²) in [5, 5.41) is 10.3. The number of nitrogens with zero attached hydrogens (tertiary/aromatic N) is 2. The molecule has 1 aromatic carbocycles. The second-order valence-electron chi connectivity index (χ2n) is 6.67. The Balaban J connectivity index is 1.67. The third-order valence-corrected chi connectivity index (χ3v) is 4.80. The highest BCUT2D eigenvalue weighted by molar-refractivity contribution is 5.81. The van der Waals surface area contributed by atoms with E-state index in [2.05, 4.69) is 15.7 Å². The minimum absolute atomic E-state index is 0.0310. The van der Waals surface area contributed by atoms with Gasteiger partial charge in [-0.1, -0.05) is 12.1 Å². The molecule has 140 valence electrons. The van der Waals surface area contributed by atoms with E-state index in [-0.39, 0.29) is 23.8 Å². The number of aryl methyl sites for hydroxylation is 1. The van der Waals surface area contributed by atoms with Gasteiger partial charge in [0.05, 0.1) is 23.7 Å². The zero-order valence-corrected chi connectivity index (χ0v) is 14.5. The van der Waals surface area contributed by atoms with Crippen LogP contribution in [-0.2, 0) is 18.0 Å². The summed E-state index contributed by atoms with van der Waals surface area (Å²) < 4.78 is 39.7. The number of amides is 1. The van der Waals surface area contributed by atoms with Crippen LogP contribution in [0.1, 0.15) is 35.6 Å². The molecule has 1 aromatic heterocycles. The Morgan fingerprint density at radius 2 is 2.00 bits per heavy atom. The normalized spacial score (nSPS) is 21.6. The predicted octanol–water partition coefficient (Wildman–Crippen LogP) is 2.62. The van der Waals surface area contributed by atoms with Gasteiger partial charge in [0.25, 0.3) is 0 Å². The Labute approximate surface area is 149 Å². The van der Waals surface area contributed by atoms with E-state index in [1.807, 2.05) is 13.2 Å². The van der Waals surface area contributed by atoms with E-state index in [1.54, 1.807) is 17.8 Å². The Morgan fingerprint density at radius 1 is 1.31 bits per heavy atom. The maximum atomic E-state index is 12.7. The van der Waals surface area contributed by atoms with Gasteiger partial charge in [0, 0.05) is 32.3 Å². The molecule has 2 N–H and O–H groups in total. The van der Waals surface area contributed by atoms with Gasteiger partial charge in [0.15, 0.2) is 0 Å². The van der Waals surface area contributed by atoms with Crippen molar-refractivity contribution in [2.75, 3.05) is 13.1 Å². The van der Waals surface area contributed by atoms with Crippen LogP contribution in [0.5, 0.6) is 0 Å². The van der Waals surface area contributed by atoms with Crippen LogP contribution in [0.2, 0.25) is 0 Å². The predicted molar refractivity (Wildman–Crippen MR) is 90.3 cm³/mol. The SMILES string of the molecule is CC(NC(=O)[C@H]1CNC[C@@H]1c1cnn(C)c1)c1ccc(C(F)(F)F)cc1. The van der Waals surface area contributed by atoms with Crippen molar-refractivity contribution in [3.63, 3.8) is 0 Å². The van der Waals surface area contributed by atoms with Gasteiger partial charge in [-0.05, 0) is 30.2 Å². The summed E-state index contributed by atoms with van der Waals surface area (Å²) in [6.45, 7) is 3.02. The topological polar surface area (TPSA) is 59.0 Å². The van der Waals surface area contributed by atoms with E-state index in [0.29, 0.717) is 18.7 Å². The number of benzene rings is 1. The fraction of sp³-hybridized carbons (Fsp3) is 0.444. The number of alkyl halides is 3. The number of nitrogens with one attached hydrogen (secondary N) is 2. The number of hydrogen-bond acceptors (Lipinski definition) is 3. The molecule has 0 radical (unpaired) electrons. The first-order valence-corrected chi connectivity index (χ1v) is 8.42. The Kier molecular flexibility index (Phi) is 5.04. The lowest BCUT2D eigenvalue weighted by atomic mass is 9.90. The van der Waals surface area contributed by atoms with Crippen LogP contribution < -0.4 is 10.6 Å². The Bertz CT molecular complexity index is 769. The average molecular weight is 366 g/mol. The van der Waals surface area contributed by atoms with Crippen LogP contribution in [0.4, 0.5) is 13.2 Å². The monoisotopic (exact) mass is 366 g/mol. The molecule has 5 nitrogen and oxygen atoms in total. The molecule has 0 bridgehead atoms. The third kappa shape index (κ3) is 3.90. The second kappa shape index (κ2) is 7.11. The van der Waals surface area contributed by atoms with Gasteiger partial charge < -0.3 is 10.6 Å². The van der Waals surface area contributed by atoms with Gasteiger partial charge >= 0.3 is 6.18 Å². The van der Waals surface area contributed by atoms with Crippen LogP contribution in [-0.4, -0.2) is 28.8 Å². The molecule has 0 spiro atoms. The minimum atomic E-state index is -4.36. The lowest BCUT2D eigenvalue weighted by Gasteiger charge is -2.21. The lowest BCUT2D eigenvalue weighted by molar-refractivity contribution is -0.137. The molecule has 1 fully saturated rings. The number of rotatable bonds is 4. The summed E-state index contributed by atoms with van der Waals surface area (Å²) in [7, 11) is 1.83. The maximum absolute atomic E-state index is 12.7. The van der Waals surface area contributed by atoms with E-state index >= 15 is 0 Å². The highest BCUT2D eigenvalue weighted by atomic mass is 19.4. The van der Waals surface area contributed by atoms with E-state index in [0.717, 1.165) is 17.7 Å².